The van der Waals surface area contributed by atoms with Gasteiger partial charge < -0.3 is 25.6 Å². The molecular formula is C28H34N2O4. The van der Waals surface area contributed by atoms with Gasteiger partial charge in [0, 0.05) is 13.1 Å². The maximum absolute atomic E-state index is 11.2. The number of carboxylic acid groups (broad SMARTS) is 1. The number of amides is 1. The summed E-state index contributed by atoms with van der Waals surface area (Å²) in [6.07, 6.45) is -1.61. The smallest absolute Gasteiger partial charge is 0.404 e. The van der Waals surface area contributed by atoms with Gasteiger partial charge >= 0.3 is 6.09 Å². The van der Waals surface area contributed by atoms with Gasteiger partial charge in [-0.2, -0.15) is 0 Å². The molecule has 4 N–H and O–H groups in total. The van der Waals surface area contributed by atoms with Gasteiger partial charge in [0.15, 0.2) is 0 Å². The molecule has 0 aliphatic heterocycles. The first-order chi connectivity index (χ1) is 16.4. The van der Waals surface area contributed by atoms with Crippen molar-refractivity contribution in [3.63, 3.8) is 0 Å². The van der Waals surface area contributed by atoms with E-state index >= 15 is 0 Å². The Morgan fingerprint density at radius 1 is 0.912 bits per heavy atom. The van der Waals surface area contributed by atoms with Crippen LogP contribution in [-0.2, 0) is 19.6 Å². The van der Waals surface area contributed by atoms with Gasteiger partial charge in [-0.3, -0.25) is 0 Å². The Kier molecular flexibility index (Phi) is 9.50. The van der Waals surface area contributed by atoms with Crippen LogP contribution in [0.5, 0.6) is 5.75 Å². The summed E-state index contributed by atoms with van der Waals surface area (Å²) in [5, 5.41) is 25.6. The Morgan fingerprint density at radius 2 is 1.56 bits per heavy atom. The molecule has 0 saturated heterocycles. The Morgan fingerprint density at radius 3 is 2.18 bits per heavy atom. The summed E-state index contributed by atoms with van der Waals surface area (Å²) >= 11 is 0. The van der Waals surface area contributed by atoms with Gasteiger partial charge in [-0.15, -0.1) is 0 Å². The zero-order valence-electron chi connectivity index (χ0n) is 19.8. The van der Waals surface area contributed by atoms with E-state index < -0.39 is 18.2 Å². The van der Waals surface area contributed by atoms with E-state index in [2.05, 4.69) is 36.6 Å². The van der Waals surface area contributed by atoms with Crippen molar-refractivity contribution in [1.82, 2.24) is 10.6 Å². The second kappa shape index (κ2) is 12.8. The van der Waals surface area contributed by atoms with Crippen LogP contribution in [-0.4, -0.2) is 35.0 Å². The number of aliphatic hydroxyl groups excluding tert-OH is 1. The summed E-state index contributed by atoms with van der Waals surface area (Å²) < 4.78 is 6.05. The molecule has 0 fully saturated rings. The predicted molar refractivity (Wildman–Crippen MR) is 134 cm³/mol. The summed E-state index contributed by atoms with van der Waals surface area (Å²) in [5.74, 6) is 1.15. The van der Waals surface area contributed by atoms with E-state index in [1.807, 2.05) is 66.7 Å². The predicted octanol–water partition coefficient (Wildman–Crippen LogP) is 4.72. The normalized spacial score (nSPS) is 12.8. The molecular weight excluding hydrogens is 428 g/mol. The quantitative estimate of drug-likeness (QED) is 0.313. The van der Waals surface area contributed by atoms with E-state index in [0.717, 1.165) is 22.4 Å². The van der Waals surface area contributed by atoms with Crippen LogP contribution in [0.15, 0.2) is 78.9 Å². The van der Waals surface area contributed by atoms with Crippen molar-refractivity contribution in [3.05, 3.63) is 101 Å². The summed E-state index contributed by atoms with van der Waals surface area (Å²) in [4.78, 5) is 11.2. The van der Waals surface area contributed by atoms with Gasteiger partial charge in [-0.05, 0) is 46.7 Å². The monoisotopic (exact) mass is 462 g/mol. The van der Waals surface area contributed by atoms with Crippen molar-refractivity contribution in [2.45, 2.75) is 51.5 Å². The Balaban J connectivity index is 1.61. The molecule has 3 rings (SSSR count). The van der Waals surface area contributed by atoms with E-state index in [9.17, 15) is 15.0 Å². The number of aliphatic hydroxyl groups is 1. The minimum Gasteiger partial charge on any atom is -0.489 e. The van der Waals surface area contributed by atoms with Crippen LogP contribution in [0, 0.1) is 0 Å². The van der Waals surface area contributed by atoms with E-state index in [-0.39, 0.29) is 6.54 Å². The molecule has 0 aromatic heterocycles. The van der Waals surface area contributed by atoms with Crippen molar-refractivity contribution in [1.29, 1.82) is 0 Å². The van der Waals surface area contributed by atoms with Crippen LogP contribution in [0.4, 0.5) is 4.79 Å². The minimum atomic E-state index is -1.15. The average molecular weight is 463 g/mol. The molecule has 0 spiro atoms. The molecule has 0 aliphatic carbocycles. The van der Waals surface area contributed by atoms with Gasteiger partial charge in [-0.1, -0.05) is 80.6 Å². The first kappa shape index (κ1) is 25.3. The standard InChI is InChI=1S/C28H34N2O4/c1-20(2)24-13-23(14-25(16-24)34-19-22-11-7-4-8-12-22)17-29-18-27(31)26(30-28(32)33)15-21-9-5-3-6-10-21/h3-14,16,20,26-27,29-31H,15,17-19H2,1-2H3,(H,32,33)/t26-,27-/m0/s1. The number of hydrogen-bond acceptors (Lipinski definition) is 4. The molecule has 3 aromatic carbocycles. The third-order valence-electron chi connectivity index (χ3n) is 5.66. The first-order valence-corrected chi connectivity index (χ1v) is 11.6. The molecule has 34 heavy (non-hydrogen) atoms. The maximum Gasteiger partial charge on any atom is 0.404 e. The Hall–Kier alpha value is -3.35. The van der Waals surface area contributed by atoms with Crippen LogP contribution < -0.4 is 15.4 Å². The molecule has 0 unspecified atom stereocenters. The van der Waals surface area contributed by atoms with Crippen molar-refractivity contribution in [2.24, 2.45) is 0 Å². The molecule has 0 bridgehead atoms. The molecule has 0 aliphatic rings. The van der Waals surface area contributed by atoms with Crippen molar-refractivity contribution >= 4 is 6.09 Å². The maximum atomic E-state index is 11.2. The fourth-order valence-electron chi connectivity index (χ4n) is 3.76. The van der Waals surface area contributed by atoms with Crippen molar-refractivity contribution in [2.75, 3.05) is 6.54 Å². The Bertz CT molecular complexity index is 1030. The van der Waals surface area contributed by atoms with Gasteiger partial charge in [0.25, 0.3) is 0 Å². The lowest BCUT2D eigenvalue weighted by Crippen LogP contribution is -2.48. The third-order valence-corrected chi connectivity index (χ3v) is 5.66. The molecule has 1 amide bonds. The highest BCUT2D eigenvalue weighted by molar-refractivity contribution is 5.65. The van der Waals surface area contributed by atoms with Gasteiger partial charge in [0.2, 0.25) is 0 Å². The number of hydrogen-bond donors (Lipinski definition) is 4. The molecule has 180 valence electrons. The van der Waals surface area contributed by atoms with E-state index in [1.165, 1.54) is 5.56 Å². The number of ether oxygens (including phenoxy) is 1. The number of carbonyl (C=O) groups is 1. The van der Waals surface area contributed by atoms with Gasteiger partial charge in [-0.25, -0.2) is 4.79 Å². The fourth-order valence-corrected chi connectivity index (χ4v) is 3.76. The van der Waals surface area contributed by atoms with Crippen LogP contribution in [0.3, 0.4) is 0 Å². The number of nitrogens with one attached hydrogen (secondary N) is 2. The zero-order valence-corrected chi connectivity index (χ0v) is 19.8. The second-order valence-electron chi connectivity index (χ2n) is 8.78. The number of benzene rings is 3. The zero-order chi connectivity index (χ0) is 24.3. The average Bonchev–Trinajstić information content (AvgIpc) is 2.83. The van der Waals surface area contributed by atoms with Crippen LogP contribution in [0.25, 0.3) is 0 Å². The topological polar surface area (TPSA) is 90.8 Å². The summed E-state index contributed by atoms with van der Waals surface area (Å²) in [6, 6.07) is 25.2. The lowest BCUT2D eigenvalue weighted by Gasteiger charge is -2.23. The van der Waals surface area contributed by atoms with Crippen molar-refractivity contribution < 1.29 is 19.7 Å². The lowest BCUT2D eigenvalue weighted by atomic mass is 9.99. The summed E-state index contributed by atoms with van der Waals surface area (Å²) in [7, 11) is 0. The first-order valence-electron chi connectivity index (χ1n) is 11.6. The largest absolute Gasteiger partial charge is 0.489 e. The van der Waals surface area contributed by atoms with E-state index in [4.69, 9.17) is 4.74 Å². The van der Waals surface area contributed by atoms with E-state index in [1.54, 1.807) is 0 Å². The molecule has 2 atom stereocenters. The van der Waals surface area contributed by atoms with E-state index in [0.29, 0.717) is 25.5 Å². The summed E-state index contributed by atoms with van der Waals surface area (Å²) in [5.41, 5.74) is 4.30. The molecule has 3 aromatic rings. The highest BCUT2D eigenvalue weighted by atomic mass is 16.5. The van der Waals surface area contributed by atoms with Crippen molar-refractivity contribution in [3.8, 4) is 5.75 Å². The second-order valence-corrected chi connectivity index (χ2v) is 8.78. The molecule has 6 heteroatoms. The molecule has 0 radical (unpaired) electrons. The third kappa shape index (κ3) is 8.21. The van der Waals surface area contributed by atoms with Crippen LogP contribution in [0.2, 0.25) is 0 Å². The minimum absolute atomic E-state index is 0.254. The number of rotatable bonds is 12. The summed E-state index contributed by atoms with van der Waals surface area (Å²) in [6.45, 7) is 5.57. The molecule has 0 saturated carbocycles. The highest BCUT2D eigenvalue weighted by Crippen LogP contribution is 2.24. The Labute approximate surface area is 201 Å². The van der Waals surface area contributed by atoms with Gasteiger partial charge in [0.1, 0.15) is 12.4 Å². The highest BCUT2D eigenvalue weighted by Gasteiger charge is 2.21. The van der Waals surface area contributed by atoms with Gasteiger partial charge in [0.05, 0.1) is 12.1 Å². The fraction of sp³-hybridized carbons (Fsp3) is 0.321. The SMILES string of the molecule is CC(C)c1cc(CNC[C@H](O)[C@H](Cc2ccccc2)NC(=O)O)cc(OCc2ccccc2)c1. The lowest BCUT2D eigenvalue weighted by molar-refractivity contribution is 0.117. The van der Waals surface area contributed by atoms with Crippen LogP contribution >= 0.6 is 0 Å². The van der Waals surface area contributed by atoms with Crippen LogP contribution in [0.1, 0.15) is 42.0 Å². The molecule has 6 nitrogen and oxygen atoms in total. The molecule has 0 heterocycles.